The molecule has 5 nitrogen and oxygen atoms in total. The van der Waals surface area contributed by atoms with E-state index in [1.54, 1.807) is 6.07 Å². The Hall–Kier alpha value is -1.75. The molecule has 6 heteroatoms. The maximum atomic E-state index is 11.6. The molecule has 0 fully saturated rings. The summed E-state index contributed by atoms with van der Waals surface area (Å²) in [5.74, 6) is 0.691. The van der Waals surface area contributed by atoms with E-state index in [1.165, 1.54) is 0 Å². The minimum Gasteiger partial charge on any atom is -0.493 e. The van der Waals surface area contributed by atoms with Gasteiger partial charge in [0, 0.05) is 30.5 Å². The number of nitrogens with one attached hydrogen (secondary N) is 2. The second-order valence-corrected chi connectivity index (χ2v) is 6.09. The Morgan fingerprint density at radius 2 is 1.91 bits per heavy atom. The minimum absolute atomic E-state index is 0.00835. The molecule has 1 rings (SSSR count). The lowest BCUT2D eigenvalue weighted by molar-refractivity contribution is -0.124. The van der Waals surface area contributed by atoms with E-state index in [0.717, 1.165) is 11.3 Å². The van der Waals surface area contributed by atoms with E-state index >= 15 is 0 Å². The summed E-state index contributed by atoms with van der Waals surface area (Å²) >= 11 is 5.88. The van der Waals surface area contributed by atoms with Crippen molar-refractivity contribution in [2.75, 3.05) is 19.7 Å². The van der Waals surface area contributed by atoms with Crippen LogP contribution in [-0.2, 0) is 9.59 Å². The fraction of sp³-hybridized carbons (Fsp3) is 0.529. The molecule has 0 saturated carbocycles. The van der Waals surface area contributed by atoms with Gasteiger partial charge in [-0.2, -0.15) is 0 Å². The monoisotopic (exact) mass is 340 g/mol. The highest BCUT2D eigenvalue weighted by atomic mass is 35.5. The Balaban J connectivity index is 2.11. The van der Waals surface area contributed by atoms with Crippen molar-refractivity contribution < 1.29 is 14.3 Å². The number of amides is 2. The van der Waals surface area contributed by atoms with Crippen LogP contribution in [0.2, 0.25) is 5.02 Å². The first kappa shape index (κ1) is 19.3. The van der Waals surface area contributed by atoms with E-state index in [1.807, 2.05) is 32.9 Å². The van der Waals surface area contributed by atoms with Crippen molar-refractivity contribution in [3.05, 3.63) is 28.8 Å². The van der Waals surface area contributed by atoms with Crippen LogP contribution in [0.25, 0.3) is 0 Å². The average Bonchev–Trinajstić information content (AvgIpc) is 2.49. The zero-order valence-corrected chi connectivity index (χ0v) is 14.7. The summed E-state index contributed by atoms with van der Waals surface area (Å²) in [6.07, 6.45) is 1.02. The number of benzene rings is 1. The summed E-state index contributed by atoms with van der Waals surface area (Å²) in [6, 6.07) is 5.45. The smallest absolute Gasteiger partial charge is 0.222 e. The molecule has 0 bridgehead atoms. The first-order chi connectivity index (χ1) is 10.9. The predicted octanol–water partition coefficient (Wildman–Crippen LogP) is 2.70. The van der Waals surface area contributed by atoms with Gasteiger partial charge >= 0.3 is 0 Å². The number of halogens is 1. The van der Waals surface area contributed by atoms with Gasteiger partial charge in [-0.1, -0.05) is 25.4 Å². The quantitative estimate of drug-likeness (QED) is 0.679. The second-order valence-electron chi connectivity index (χ2n) is 5.66. The van der Waals surface area contributed by atoms with Crippen molar-refractivity contribution in [3.63, 3.8) is 0 Å². The van der Waals surface area contributed by atoms with Crippen molar-refractivity contribution in [1.29, 1.82) is 0 Å². The molecule has 0 aliphatic carbocycles. The Morgan fingerprint density at radius 1 is 1.22 bits per heavy atom. The lowest BCUT2D eigenvalue weighted by atomic mass is 10.2. The lowest BCUT2D eigenvalue weighted by Crippen LogP contribution is -2.36. The summed E-state index contributed by atoms with van der Waals surface area (Å²) in [7, 11) is 0. The molecule has 23 heavy (non-hydrogen) atoms. The van der Waals surface area contributed by atoms with Crippen LogP contribution in [0.5, 0.6) is 5.75 Å². The van der Waals surface area contributed by atoms with Crippen molar-refractivity contribution in [2.24, 2.45) is 5.92 Å². The third-order valence-electron chi connectivity index (χ3n) is 3.21. The lowest BCUT2D eigenvalue weighted by Gasteiger charge is -2.10. The topological polar surface area (TPSA) is 67.4 Å². The third-order valence-corrected chi connectivity index (χ3v) is 3.45. The molecule has 0 unspecified atom stereocenters. The highest BCUT2D eigenvalue weighted by molar-refractivity contribution is 6.30. The van der Waals surface area contributed by atoms with E-state index in [2.05, 4.69) is 10.6 Å². The van der Waals surface area contributed by atoms with Gasteiger partial charge in [0.2, 0.25) is 11.8 Å². The number of aryl methyl sites for hydroxylation is 1. The largest absolute Gasteiger partial charge is 0.493 e. The number of ether oxygens (including phenoxy) is 1. The normalized spacial score (nSPS) is 10.5. The molecule has 0 aliphatic heterocycles. The van der Waals surface area contributed by atoms with Crippen LogP contribution in [0.4, 0.5) is 0 Å². The molecule has 0 aromatic heterocycles. The molecule has 0 atom stereocenters. The minimum atomic E-state index is -0.0424. The summed E-state index contributed by atoms with van der Waals surface area (Å²) < 4.78 is 5.63. The zero-order valence-electron chi connectivity index (χ0n) is 13.9. The maximum absolute atomic E-state index is 11.6. The van der Waals surface area contributed by atoms with Crippen LogP contribution in [0.15, 0.2) is 18.2 Å². The van der Waals surface area contributed by atoms with Crippen LogP contribution < -0.4 is 15.4 Å². The van der Waals surface area contributed by atoms with E-state index in [0.29, 0.717) is 37.6 Å². The molecule has 0 spiro atoms. The SMILES string of the molecule is Cc1cc(Cl)ccc1OCCCC(=O)NCCNC(=O)C(C)C. The highest BCUT2D eigenvalue weighted by Crippen LogP contribution is 2.21. The first-order valence-electron chi connectivity index (χ1n) is 7.83. The van der Waals surface area contributed by atoms with E-state index in [9.17, 15) is 9.59 Å². The number of hydrogen-bond acceptors (Lipinski definition) is 3. The van der Waals surface area contributed by atoms with Gasteiger partial charge < -0.3 is 15.4 Å². The molecular formula is C17H25ClN2O3. The van der Waals surface area contributed by atoms with Crippen molar-refractivity contribution >= 4 is 23.4 Å². The third kappa shape index (κ3) is 7.88. The molecule has 0 saturated heterocycles. The maximum Gasteiger partial charge on any atom is 0.222 e. The standard InChI is InChI=1S/C17H25ClN2O3/c1-12(2)17(22)20-9-8-19-16(21)5-4-10-23-15-7-6-14(18)11-13(15)3/h6-7,11-12H,4-5,8-10H2,1-3H3,(H,19,21)(H,20,22). The van der Waals surface area contributed by atoms with Crippen molar-refractivity contribution in [3.8, 4) is 5.75 Å². The highest BCUT2D eigenvalue weighted by Gasteiger charge is 2.06. The predicted molar refractivity (Wildman–Crippen MR) is 91.8 cm³/mol. The Morgan fingerprint density at radius 3 is 2.57 bits per heavy atom. The van der Waals surface area contributed by atoms with Gasteiger partial charge in [0.15, 0.2) is 0 Å². The molecule has 0 radical (unpaired) electrons. The van der Waals surface area contributed by atoms with E-state index < -0.39 is 0 Å². The molecule has 1 aromatic carbocycles. The Labute approximate surface area is 142 Å². The zero-order chi connectivity index (χ0) is 17.2. The van der Waals surface area contributed by atoms with Gasteiger partial charge in [0.1, 0.15) is 5.75 Å². The number of carbonyl (C=O) groups excluding carboxylic acids is 2. The van der Waals surface area contributed by atoms with E-state index in [4.69, 9.17) is 16.3 Å². The molecule has 0 heterocycles. The van der Waals surface area contributed by atoms with Crippen LogP contribution in [-0.4, -0.2) is 31.5 Å². The summed E-state index contributed by atoms with van der Waals surface area (Å²) in [4.78, 5) is 23.0. The van der Waals surface area contributed by atoms with Crippen LogP contribution in [0.3, 0.4) is 0 Å². The molecule has 1 aromatic rings. The van der Waals surface area contributed by atoms with Gasteiger partial charge in [-0.25, -0.2) is 0 Å². The molecular weight excluding hydrogens is 316 g/mol. The average molecular weight is 341 g/mol. The van der Waals surface area contributed by atoms with Gasteiger partial charge in [-0.15, -0.1) is 0 Å². The van der Waals surface area contributed by atoms with Crippen molar-refractivity contribution in [1.82, 2.24) is 10.6 Å². The van der Waals surface area contributed by atoms with Crippen molar-refractivity contribution in [2.45, 2.75) is 33.6 Å². The first-order valence-corrected chi connectivity index (χ1v) is 8.21. The van der Waals surface area contributed by atoms with Gasteiger partial charge in [0.25, 0.3) is 0 Å². The Bertz CT molecular complexity index is 533. The Kier molecular flexibility index (Phi) is 8.48. The van der Waals surface area contributed by atoms with Crippen LogP contribution in [0, 0.1) is 12.8 Å². The summed E-state index contributed by atoms with van der Waals surface area (Å²) in [6.45, 7) is 6.95. The second kappa shape index (κ2) is 10.1. The molecule has 128 valence electrons. The molecule has 2 N–H and O–H groups in total. The van der Waals surface area contributed by atoms with E-state index in [-0.39, 0.29) is 17.7 Å². The molecule has 2 amide bonds. The fourth-order valence-electron chi connectivity index (χ4n) is 1.87. The van der Waals surface area contributed by atoms with Gasteiger partial charge in [-0.05, 0) is 37.1 Å². The molecule has 0 aliphatic rings. The van der Waals surface area contributed by atoms with Gasteiger partial charge in [0.05, 0.1) is 6.61 Å². The van der Waals surface area contributed by atoms with Crippen LogP contribution in [0.1, 0.15) is 32.3 Å². The number of carbonyl (C=O) groups is 2. The summed E-state index contributed by atoms with van der Waals surface area (Å²) in [5, 5.41) is 6.20. The van der Waals surface area contributed by atoms with Crippen LogP contribution >= 0.6 is 11.6 Å². The number of hydrogen-bond donors (Lipinski definition) is 2. The fourth-order valence-corrected chi connectivity index (χ4v) is 2.10. The summed E-state index contributed by atoms with van der Waals surface area (Å²) in [5.41, 5.74) is 0.975. The van der Waals surface area contributed by atoms with Gasteiger partial charge in [-0.3, -0.25) is 9.59 Å². The number of rotatable bonds is 9.